The van der Waals surface area contributed by atoms with Crippen LogP contribution in [0.4, 0.5) is 5.69 Å². The minimum atomic E-state index is -1.41. The monoisotopic (exact) mass is 648 g/mol. The fourth-order valence-corrected chi connectivity index (χ4v) is 9.91. The van der Waals surface area contributed by atoms with E-state index in [1.165, 1.54) is 4.90 Å². The van der Waals surface area contributed by atoms with Gasteiger partial charge in [0.25, 0.3) is 0 Å². The second-order valence-corrected chi connectivity index (χ2v) is 14.4. The highest BCUT2D eigenvalue weighted by molar-refractivity contribution is 6.32. The molecule has 6 unspecified atom stereocenters. The van der Waals surface area contributed by atoms with Gasteiger partial charge in [-0.1, -0.05) is 97.1 Å². The quantitative estimate of drug-likeness (QED) is 0.247. The summed E-state index contributed by atoms with van der Waals surface area (Å²) in [6.45, 7) is 1.82. The molecule has 8 heteroatoms. The number of likely N-dealkylation sites (tertiary alicyclic amines) is 1. The molecule has 2 heterocycles. The first kappa shape index (κ1) is 30.1. The predicted molar refractivity (Wildman–Crippen MR) is 178 cm³/mol. The minimum absolute atomic E-state index is 0.0642. The van der Waals surface area contributed by atoms with E-state index in [0.717, 1.165) is 37.7 Å². The highest BCUT2D eigenvalue weighted by Gasteiger charge is 2.70. The molecule has 2 aliphatic heterocycles. The fourth-order valence-electron chi connectivity index (χ4n) is 9.73. The van der Waals surface area contributed by atoms with E-state index < -0.39 is 35.0 Å². The highest BCUT2D eigenvalue weighted by Crippen LogP contribution is 2.65. The Labute approximate surface area is 279 Å². The second kappa shape index (κ2) is 11.2. The second-order valence-electron chi connectivity index (χ2n) is 13.9. The lowest BCUT2D eigenvalue weighted by Crippen LogP contribution is -2.53. The standard InChI is InChI=1S/C39H37ClN2O5/c1-22-10-8-17-29(34(22)43)33-27-18-19-28-32(37(46)41(35(28)44)25-14-6-3-7-15-25)30(27)21-31-36(45)42(26-16-9-13-24(40)20-26)38(47)39(31,33)23-11-4-2-5-12-23/h2,4-5,8-13,16-18,20,25,28,30-33,43H,3,6-7,14-15,19,21H2,1H3. The fraction of sp³-hybridized carbons (Fsp3) is 0.385. The molecule has 2 saturated carbocycles. The van der Waals surface area contributed by atoms with E-state index >= 15 is 4.79 Å². The van der Waals surface area contributed by atoms with Gasteiger partial charge >= 0.3 is 0 Å². The van der Waals surface area contributed by atoms with E-state index in [4.69, 9.17) is 11.6 Å². The molecule has 0 spiro atoms. The number of carbonyl (C=O) groups excluding carboxylic acids is 4. The number of allylic oxidation sites excluding steroid dienone is 2. The molecule has 7 nitrogen and oxygen atoms in total. The van der Waals surface area contributed by atoms with Crippen LogP contribution in [0.1, 0.15) is 67.6 Å². The summed E-state index contributed by atoms with van der Waals surface area (Å²) in [6, 6.07) is 21.6. The SMILES string of the molecule is Cc1cccc(C2C3=CCC4C(=O)N(C5CCCCC5)C(=O)C4C3CC3C(=O)N(c4cccc(Cl)c4)C(=O)C32c2ccccc2)c1O. The molecule has 240 valence electrons. The third kappa shape index (κ3) is 4.24. The Morgan fingerprint density at radius 3 is 2.32 bits per heavy atom. The van der Waals surface area contributed by atoms with Crippen LogP contribution in [0.25, 0.3) is 0 Å². The summed E-state index contributed by atoms with van der Waals surface area (Å²) < 4.78 is 0. The first-order valence-electron chi connectivity index (χ1n) is 16.8. The van der Waals surface area contributed by atoms with Gasteiger partial charge < -0.3 is 5.11 Å². The summed E-state index contributed by atoms with van der Waals surface area (Å²) in [5.41, 5.74) is 1.71. The molecule has 47 heavy (non-hydrogen) atoms. The molecule has 4 fully saturated rings. The Balaban J connectivity index is 1.35. The van der Waals surface area contributed by atoms with E-state index in [-0.39, 0.29) is 41.8 Å². The van der Waals surface area contributed by atoms with Crippen LogP contribution in [0.3, 0.4) is 0 Å². The Hall–Kier alpha value is -4.23. The maximum absolute atomic E-state index is 15.3. The molecular formula is C39H37ClN2O5. The summed E-state index contributed by atoms with van der Waals surface area (Å²) in [7, 11) is 0. The van der Waals surface area contributed by atoms with Crippen molar-refractivity contribution in [1.29, 1.82) is 0 Å². The molecule has 1 N–H and O–H groups in total. The lowest BCUT2D eigenvalue weighted by molar-refractivity contribution is -0.143. The molecule has 3 aliphatic carbocycles. The smallest absolute Gasteiger partial charge is 0.246 e. The number of halogens is 1. The van der Waals surface area contributed by atoms with E-state index in [0.29, 0.717) is 33.8 Å². The Bertz CT molecular complexity index is 1850. The summed E-state index contributed by atoms with van der Waals surface area (Å²) >= 11 is 6.39. The van der Waals surface area contributed by atoms with E-state index in [9.17, 15) is 19.5 Å². The van der Waals surface area contributed by atoms with Crippen molar-refractivity contribution >= 4 is 40.9 Å². The average molecular weight is 649 g/mol. The van der Waals surface area contributed by atoms with Crippen molar-refractivity contribution in [2.75, 3.05) is 4.90 Å². The number of benzene rings is 3. The Morgan fingerprint density at radius 2 is 1.57 bits per heavy atom. The van der Waals surface area contributed by atoms with Crippen molar-refractivity contribution in [3.63, 3.8) is 0 Å². The van der Waals surface area contributed by atoms with Gasteiger partial charge in [0.1, 0.15) is 5.75 Å². The number of imide groups is 2. The average Bonchev–Trinajstić information content (AvgIpc) is 3.47. The summed E-state index contributed by atoms with van der Waals surface area (Å²) in [5.74, 6) is -4.09. The number of amides is 4. The van der Waals surface area contributed by atoms with Gasteiger partial charge in [-0.15, -0.1) is 0 Å². The van der Waals surface area contributed by atoms with Crippen LogP contribution in [0.15, 0.2) is 84.4 Å². The van der Waals surface area contributed by atoms with Crippen LogP contribution < -0.4 is 4.90 Å². The molecule has 3 aromatic carbocycles. The van der Waals surface area contributed by atoms with E-state index in [2.05, 4.69) is 6.08 Å². The van der Waals surface area contributed by atoms with Gasteiger partial charge in [0.05, 0.1) is 28.9 Å². The van der Waals surface area contributed by atoms with E-state index in [1.54, 1.807) is 29.2 Å². The zero-order chi connectivity index (χ0) is 32.6. The van der Waals surface area contributed by atoms with Gasteiger partial charge in [0, 0.05) is 22.5 Å². The van der Waals surface area contributed by atoms with Gasteiger partial charge in [0.15, 0.2) is 0 Å². The molecule has 4 amide bonds. The topological polar surface area (TPSA) is 95.0 Å². The summed E-state index contributed by atoms with van der Waals surface area (Å²) in [6.07, 6.45) is 7.42. The number of rotatable bonds is 4. The van der Waals surface area contributed by atoms with Crippen LogP contribution in [-0.2, 0) is 24.6 Å². The molecule has 2 saturated heterocycles. The molecule has 3 aromatic rings. The first-order chi connectivity index (χ1) is 22.7. The van der Waals surface area contributed by atoms with Gasteiger partial charge in [0.2, 0.25) is 23.6 Å². The number of hydrogen-bond acceptors (Lipinski definition) is 5. The molecule has 5 aliphatic rings. The van der Waals surface area contributed by atoms with Gasteiger partial charge in [-0.05, 0) is 67.9 Å². The van der Waals surface area contributed by atoms with E-state index in [1.807, 2.05) is 55.5 Å². The number of para-hydroxylation sites is 1. The number of anilines is 1. The molecular weight excluding hydrogens is 612 g/mol. The number of nitrogens with zero attached hydrogens (tertiary/aromatic N) is 2. The van der Waals surface area contributed by atoms with Crippen LogP contribution >= 0.6 is 11.6 Å². The largest absolute Gasteiger partial charge is 0.507 e. The lowest BCUT2D eigenvalue weighted by atomic mass is 9.49. The van der Waals surface area contributed by atoms with Crippen LogP contribution in [0.2, 0.25) is 5.02 Å². The number of aromatic hydroxyl groups is 1. The number of carbonyl (C=O) groups is 4. The molecule has 8 rings (SSSR count). The molecule has 0 bridgehead atoms. The van der Waals surface area contributed by atoms with Crippen molar-refractivity contribution in [2.24, 2.45) is 23.7 Å². The number of aryl methyl sites for hydroxylation is 1. The van der Waals surface area contributed by atoms with Crippen molar-refractivity contribution in [1.82, 2.24) is 4.90 Å². The maximum atomic E-state index is 15.3. The molecule has 6 atom stereocenters. The summed E-state index contributed by atoms with van der Waals surface area (Å²) in [4.78, 5) is 61.3. The summed E-state index contributed by atoms with van der Waals surface area (Å²) in [5, 5.41) is 12.1. The number of hydrogen-bond donors (Lipinski definition) is 1. The van der Waals surface area contributed by atoms with Crippen LogP contribution in [0, 0.1) is 30.6 Å². The zero-order valence-corrected chi connectivity index (χ0v) is 27.0. The van der Waals surface area contributed by atoms with Gasteiger partial charge in [-0.3, -0.25) is 24.1 Å². The normalized spacial score (nSPS) is 30.7. The van der Waals surface area contributed by atoms with Crippen LogP contribution in [-0.4, -0.2) is 39.7 Å². The van der Waals surface area contributed by atoms with Crippen molar-refractivity contribution in [3.8, 4) is 5.75 Å². The number of fused-ring (bicyclic) bond motifs is 4. The molecule has 0 radical (unpaired) electrons. The highest BCUT2D eigenvalue weighted by atomic mass is 35.5. The Morgan fingerprint density at radius 1 is 0.830 bits per heavy atom. The van der Waals surface area contributed by atoms with Crippen molar-refractivity contribution < 1.29 is 24.3 Å². The van der Waals surface area contributed by atoms with Gasteiger partial charge in [-0.2, -0.15) is 0 Å². The number of phenolic OH excluding ortho intramolecular Hbond substituents is 1. The number of phenols is 1. The maximum Gasteiger partial charge on any atom is 0.246 e. The van der Waals surface area contributed by atoms with Crippen molar-refractivity contribution in [3.05, 3.63) is 106 Å². The third-order valence-electron chi connectivity index (χ3n) is 11.7. The Kier molecular flexibility index (Phi) is 7.17. The lowest BCUT2D eigenvalue weighted by Gasteiger charge is -2.50. The first-order valence-corrected chi connectivity index (χ1v) is 17.2. The zero-order valence-electron chi connectivity index (χ0n) is 26.3. The minimum Gasteiger partial charge on any atom is -0.507 e. The van der Waals surface area contributed by atoms with Crippen LogP contribution in [0.5, 0.6) is 5.75 Å². The van der Waals surface area contributed by atoms with Crippen molar-refractivity contribution in [2.45, 2.75) is 69.2 Å². The molecule has 0 aromatic heterocycles. The van der Waals surface area contributed by atoms with Gasteiger partial charge in [-0.25, -0.2) is 4.90 Å². The predicted octanol–water partition coefficient (Wildman–Crippen LogP) is 6.85. The third-order valence-corrected chi connectivity index (χ3v) is 12.0.